The van der Waals surface area contributed by atoms with Crippen LogP contribution in [0.2, 0.25) is 0 Å². The van der Waals surface area contributed by atoms with Crippen LogP contribution in [-0.2, 0) is 6.42 Å². The van der Waals surface area contributed by atoms with E-state index in [0.29, 0.717) is 6.54 Å². The van der Waals surface area contributed by atoms with E-state index in [1.807, 2.05) is 36.4 Å². The van der Waals surface area contributed by atoms with Crippen molar-refractivity contribution < 1.29 is 9.84 Å². The molecule has 0 unspecified atom stereocenters. The maximum absolute atomic E-state index is 9.58. The van der Waals surface area contributed by atoms with Gasteiger partial charge in [-0.3, -0.25) is 4.99 Å². The molecule has 0 bridgehead atoms. The number of hydrogen-bond acceptors (Lipinski definition) is 3. The zero-order valence-electron chi connectivity index (χ0n) is 10.9. The predicted octanol–water partition coefficient (Wildman–Crippen LogP) is 3.06. The van der Waals surface area contributed by atoms with Crippen molar-refractivity contribution in [3.8, 4) is 11.5 Å². The van der Waals surface area contributed by atoms with Gasteiger partial charge in [-0.15, -0.1) is 0 Å². The average molecular weight is 255 g/mol. The first-order valence-electron chi connectivity index (χ1n) is 6.20. The van der Waals surface area contributed by atoms with Gasteiger partial charge in [0.05, 0.1) is 7.11 Å². The average Bonchev–Trinajstić information content (AvgIpc) is 2.46. The molecule has 2 aromatic rings. The highest BCUT2D eigenvalue weighted by molar-refractivity contribution is 5.83. The molecule has 0 heterocycles. The van der Waals surface area contributed by atoms with Gasteiger partial charge in [0, 0.05) is 18.3 Å². The molecule has 3 nitrogen and oxygen atoms in total. The van der Waals surface area contributed by atoms with E-state index >= 15 is 0 Å². The summed E-state index contributed by atoms with van der Waals surface area (Å²) in [4.78, 5) is 4.32. The van der Waals surface area contributed by atoms with Gasteiger partial charge >= 0.3 is 0 Å². The number of methoxy groups -OCH3 is 1. The summed E-state index contributed by atoms with van der Waals surface area (Å²) in [7, 11) is 1.66. The number of para-hydroxylation sites is 1. The molecule has 0 amide bonds. The van der Waals surface area contributed by atoms with Crippen LogP contribution in [0.3, 0.4) is 0 Å². The number of aromatic hydroxyl groups is 1. The van der Waals surface area contributed by atoms with E-state index in [2.05, 4.69) is 4.99 Å². The van der Waals surface area contributed by atoms with Gasteiger partial charge in [0.1, 0.15) is 11.5 Å². The number of phenols is 1. The minimum absolute atomic E-state index is 0.260. The Morgan fingerprint density at radius 2 is 1.84 bits per heavy atom. The van der Waals surface area contributed by atoms with E-state index in [-0.39, 0.29) is 5.75 Å². The molecule has 1 N–H and O–H groups in total. The summed E-state index contributed by atoms with van der Waals surface area (Å²) in [6, 6.07) is 15.1. The number of nitrogens with zero attached hydrogens (tertiary/aromatic N) is 1. The molecule has 0 saturated carbocycles. The lowest BCUT2D eigenvalue weighted by atomic mass is 10.1. The van der Waals surface area contributed by atoms with Crippen molar-refractivity contribution in [2.45, 2.75) is 6.42 Å². The molecule has 0 radical (unpaired) electrons. The van der Waals surface area contributed by atoms with Gasteiger partial charge in [-0.05, 0) is 36.2 Å². The summed E-state index contributed by atoms with van der Waals surface area (Å²) in [5.74, 6) is 1.12. The fourth-order valence-corrected chi connectivity index (χ4v) is 1.75. The number of rotatable bonds is 5. The van der Waals surface area contributed by atoms with Crippen LogP contribution in [0.25, 0.3) is 0 Å². The van der Waals surface area contributed by atoms with Crippen molar-refractivity contribution in [3.63, 3.8) is 0 Å². The molecule has 0 aliphatic carbocycles. The van der Waals surface area contributed by atoms with E-state index in [0.717, 1.165) is 17.7 Å². The Labute approximate surface area is 113 Å². The van der Waals surface area contributed by atoms with Crippen molar-refractivity contribution in [2.24, 2.45) is 4.99 Å². The van der Waals surface area contributed by atoms with Crippen LogP contribution in [0.1, 0.15) is 11.1 Å². The van der Waals surface area contributed by atoms with Gasteiger partial charge in [-0.25, -0.2) is 0 Å². The lowest BCUT2D eigenvalue weighted by molar-refractivity contribution is 0.414. The second-order valence-corrected chi connectivity index (χ2v) is 4.19. The van der Waals surface area contributed by atoms with E-state index < -0.39 is 0 Å². The smallest absolute Gasteiger partial charge is 0.124 e. The van der Waals surface area contributed by atoms with Crippen molar-refractivity contribution in [1.82, 2.24) is 0 Å². The van der Waals surface area contributed by atoms with Crippen molar-refractivity contribution >= 4 is 6.21 Å². The molecule has 0 aliphatic heterocycles. The normalized spacial score (nSPS) is 10.8. The topological polar surface area (TPSA) is 41.8 Å². The van der Waals surface area contributed by atoms with Crippen LogP contribution in [0, 0.1) is 0 Å². The molecule has 0 aliphatic rings. The Bertz CT molecular complexity index is 547. The Balaban J connectivity index is 1.87. The lowest BCUT2D eigenvalue weighted by Gasteiger charge is -2.01. The summed E-state index contributed by atoms with van der Waals surface area (Å²) in [5, 5.41) is 9.58. The summed E-state index contributed by atoms with van der Waals surface area (Å²) in [5.41, 5.74) is 1.97. The first kappa shape index (κ1) is 13.1. The standard InChI is InChI=1S/C16H17NO2/c1-19-15-8-6-13(7-9-15)10-11-17-12-14-4-2-3-5-16(14)18/h2-9,12,18H,10-11H2,1H3. The van der Waals surface area contributed by atoms with Crippen LogP contribution in [0.4, 0.5) is 0 Å². The third-order valence-corrected chi connectivity index (χ3v) is 2.86. The fourth-order valence-electron chi connectivity index (χ4n) is 1.75. The van der Waals surface area contributed by atoms with Crippen molar-refractivity contribution in [2.75, 3.05) is 13.7 Å². The van der Waals surface area contributed by atoms with Crippen LogP contribution in [0.15, 0.2) is 53.5 Å². The molecule has 0 aromatic heterocycles. The molecular formula is C16H17NO2. The molecule has 2 rings (SSSR count). The van der Waals surface area contributed by atoms with Gasteiger partial charge in [-0.1, -0.05) is 24.3 Å². The number of phenolic OH excluding ortho intramolecular Hbond substituents is 1. The first-order valence-corrected chi connectivity index (χ1v) is 6.20. The molecule has 98 valence electrons. The molecule has 3 heteroatoms. The Kier molecular flexibility index (Phi) is 4.56. The summed E-state index contributed by atoms with van der Waals surface area (Å²) < 4.78 is 5.11. The molecule has 0 atom stereocenters. The Morgan fingerprint density at radius 1 is 1.11 bits per heavy atom. The van der Waals surface area contributed by atoms with Gasteiger partial charge in [0.2, 0.25) is 0 Å². The van der Waals surface area contributed by atoms with Gasteiger partial charge < -0.3 is 9.84 Å². The number of hydrogen-bond donors (Lipinski definition) is 1. The third-order valence-electron chi connectivity index (χ3n) is 2.86. The zero-order chi connectivity index (χ0) is 13.5. The van der Waals surface area contributed by atoms with E-state index in [1.165, 1.54) is 5.56 Å². The number of aliphatic imine (C=N–C) groups is 1. The maximum atomic E-state index is 9.58. The zero-order valence-corrected chi connectivity index (χ0v) is 10.9. The highest BCUT2D eigenvalue weighted by Gasteiger charge is 1.95. The van der Waals surface area contributed by atoms with Crippen molar-refractivity contribution in [3.05, 3.63) is 59.7 Å². The minimum atomic E-state index is 0.260. The quantitative estimate of drug-likeness (QED) is 0.834. The predicted molar refractivity (Wildman–Crippen MR) is 77.3 cm³/mol. The third kappa shape index (κ3) is 3.85. The van der Waals surface area contributed by atoms with Crippen LogP contribution in [0.5, 0.6) is 11.5 Å². The maximum Gasteiger partial charge on any atom is 0.124 e. The molecule has 0 fully saturated rings. The number of ether oxygens (including phenoxy) is 1. The monoisotopic (exact) mass is 255 g/mol. The minimum Gasteiger partial charge on any atom is -0.507 e. The molecular weight excluding hydrogens is 238 g/mol. The highest BCUT2D eigenvalue weighted by Crippen LogP contribution is 2.13. The fraction of sp³-hybridized carbons (Fsp3) is 0.188. The molecule has 2 aromatic carbocycles. The second-order valence-electron chi connectivity index (χ2n) is 4.19. The summed E-state index contributed by atoms with van der Waals surface area (Å²) >= 11 is 0. The SMILES string of the molecule is COc1ccc(CCN=Cc2ccccc2O)cc1. The van der Waals surface area contributed by atoms with Crippen LogP contribution < -0.4 is 4.74 Å². The van der Waals surface area contributed by atoms with Gasteiger partial charge in [-0.2, -0.15) is 0 Å². The first-order chi connectivity index (χ1) is 9.29. The lowest BCUT2D eigenvalue weighted by Crippen LogP contribution is -1.91. The van der Waals surface area contributed by atoms with E-state index in [9.17, 15) is 5.11 Å². The van der Waals surface area contributed by atoms with Crippen LogP contribution in [-0.4, -0.2) is 25.0 Å². The summed E-state index contributed by atoms with van der Waals surface area (Å²) in [6.07, 6.45) is 2.58. The largest absolute Gasteiger partial charge is 0.507 e. The summed E-state index contributed by atoms with van der Waals surface area (Å²) in [6.45, 7) is 0.695. The molecule has 0 spiro atoms. The van der Waals surface area contributed by atoms with E-state index in [4.69, 9.17) is 4.74 Å². The molecule has 19 heavy (non-hydrogen) atoms. The molecule has 0 saturated heterocycles. The van der Waals surface area contributed by atoms with E-state index in [1.54, 1.807) is 25.5 Å². The Morgan fingerprint density at radius 3 is 2.53 bits per heavy atom. The second kappa shape index (κ2) is 6.59. The Hall–Kier alpha value is -2.29. The van der Waals surface area contributed by atoms with Gasteiger partial charge in [0.15, 0.2) is 0 Å². The van der Waals surface area contributed by atoms with Gasteiger partial charge in [0.25, 0.3) is 0 Å². The van der Waals surface area contributed by atoms with Crippen molar-refractivity contribution in [1.29, 1.82) is 0 Å². The highest BCUT2D eigenvalue weighted by atomic mass is 16.5. The number of benzene rings is 2. The van der Waals surface area contributed by atoms with Crippen LogP contribution >= 0.6 is 0 Å².